The fraction of sp³-hybridized carbons (Fsp3) is 0.455. The van der Waals surface area contributed by atoms with Crippen LogP contribution in [0, 0.1) is 10.1 Å². The predicted molar refractivity (Wildman–Crippen MR) is 66.4 cm³/mol. The van der Waals surface area contributed by atoms with E-state index in [1.165, 1.54) is 7.11 Å². The average molecular weight is 288 g/mol. The Labute approximate surface area is 103 Å². The van der Waals surface area contributed by atoms with Crippen molar-refractivity contribution in [2.24, 2.45) is 0 Å². The van der Waals surface area contributed by atoms with Crippen LogP contribution in [0.3, 0.4) is 0 Å². The number of alkyl halides is 1. The summed E-state index contributed by atoms with van der Waals surface area (Å²) in [5.41, 5.74) is 0.965. The molecule has 0 saturated carbocycles. The van der Waals surface area contributed by atoms with Crippen LogP contribution in [0.2, 0.25) is 0 Å². The zero-order chi connectivity index (χ0) is 12.1. The van der Waals surface area contributed by atoms with Gasteiger partial charge in [0.2, 0.25) is 0 Å². The van der Waals surface area contributed by atoms with E-state index in [0.29, 0.717) is 10.6 Å². The van der Waals surface area contributed by atoms with E-state index < -0.39 is 4.92 Å². The van der Waals surface area contributed by atoms with Crippen molar-refractivity contribution in [1.29, 1.82) is 0 Å². The van der Waals surface area contributed by atoms with Crippen molar-refractivity contribution in [2.45, 2.75) is 24.6 Å². The zero-order valence-electron chi connectivity index (χ0n) is 9.27. The molecule has 0 radical (unpaired) electrons. The minimum atomic E-state index is -0.419. The highest BCUT2D eigenvalue weighted by molar-refractivity contribution is 9.09. The summed E-state index contributed by atoms with van der Waals surface area (Å²) in [6.45, 7) is 2.07. The van der Waals surface area contributed by atoms with Crippen molar-refractivity contribution in [2.75, 3.05) is 7.11 Å². The molecule has 0 aromatic heterocycles. The number of hydrogen-bond donors (Lipinski definition) is 0. The molecule has 0 N–H and O–H groups in total. The Morgan fingerprint density at radius 1 is 1.56 bits per heavy atom. The average Bonchev–Trinajstić information content (AvgIpc) is 2.28. The van der Waals surface area contributed by atoms with Gasteiger partial charge in [-0.3, -0.25) is 10.1 Å². The highest BCUT2D eigenvalue weighted by Gasteiger charge is 2.15. The van der Waals surface area contributed by atoms with Crippen molar-refractivity contribution < 1.29 is 9.66 Å². The Hall–Kier alpha value is -1.10. The molecular formula is C11H14BrNO3. The Kier molecular flexibility index (Phi) is 4.73. The molecule has 1 atom stereocenters. The third kappa shape index (κ3) is 3.20. The fourth-order valence-corrected chi connectivity index (χ4v) is 1.78. The first kappa shape index (κ1) is 13.0. The Balaban J connectivity index is 2.97. The molecule has 88 valence electrons. The van der Waals surface area contributed by atoms with Gasteiger partial charge in [0, 0.05) is 10.9 Å². The van der Waals surface area contributed by atoms with Gasteiger partial charge >= 0.3 is 5.69 Å². The second-order valence-electron chi connectivity index (χ2n) is 3.47. The molecule has 0 aliphatic rings. The Morgan fingerprint density at radius 2 is 2.25 bits per heavy atom. The van der Waals surface area contributed by atoms with Crippen LogP contribution in [-0.2, 0) is 6.42 Å². The lowest BCUT2D eigenvalue weighted by atomic mass is 10.1. The van der Waals surface area contributed by atoms with E-state index in [-0.39, 0.29) is 5.69 Å². The standard InChI is InChI=1S/C11H14BrNO3/c1-3-9(12)6-8-4-5-11(16-2)10(7-8)13(14)15/h4-5,7,9H,3,6H2,1-2H3. The number of benzene rings is 1. The molecule has 1 aromatic carbocycles. The van der Waals surface area contributed by atoms with Gasteiger partial charge in [-0.25, -0.2) is 0 Å². The second kappa shape index (κ2) is 5.84. The van der Waals surface area contributed by atoms with Crippen LogP contribution in [0.25, 0.3) is 0 Å². The van der Waals surface area contributed by atoms with Gasteiger partial charge in [-0.15, -0.1) is 0 Å². The molecule has 0 amide bonds. The van der Waals surface area contributed by atoms with E-state index in [2.05, 4.69) is 22.9 Å². The maximum atomic E-state index is 10.8. The van der Waals surface area contributed by atoms with E-state index in [9.17, 15) is 10.1 Å². The van der Waals surface area contributed by atoms with Gasteiger partial charge in [0.25, 0.3) is 0 Å². The van der Waals surface area contributed by atoms with Gasteiger partial charge in [0.15, 0.2) is 5.75 Å². The van der Waals surface area contributed by atoms with Crippen molar-refractivity contribution >= 4 is 21.6 Å². The van der Waals surface area contributed by atoms with E-state index in [1.807, 2.05) is 6.07 Å². The maximum absolute atomic E-state index is 10.8. The number of hydrogen-bond acceptors (Lipinski definition) is 3. The summed E-state index contributed by atoms with van der Waals surface area (Å²) < 4.78 is 4.94. The number of methoxy groups -OCH3 is 1. The summed E-state index contributed by atoms with van der Waals surface area (Å²) in [5, 5.41) is 10.8. The summed E-state index contributed by atoms with van der Waals surface area (Å²) in [5.74, 6) is 0.302. The van der Waals surface area contributed by atoms with Crippen LogP contribution in [0.5, 0.6) is 5.75 Å². The molecule has 0 saturated heterocycles. The number of nitro benzene ring substituents is 1. The van der Waals surface area contributed by atoms with E-state index in [1.54, 1.807) is 12.1 Å². The molecule has 1 unspecified atom stereocenters. The number of nitro groups is 1. The van der Waals surface area contributed by atoms with Crippen LogP contribution in [0.4, 0.5) is 5.69 Å². The summed E-state index contributed by atoms with van der Waals surface area (Å²) in [6.07, 6.45) is 1.77. The summed E-state index contributed by atoms with van der Waals surface area (Å²) in [7, 11) is 1.43. The zero-order valence-corrected chi connectivity index (χ0v) is 10.9. The lowest BCUT2D eigenvalue weighted by Gasteiger charge is -2.08. The van der Waals surface area contributed by atoms with Gasteiger partial charge in [0.1, 0.15) is 0 Å². The van der Waals surface area contributed by atoms with Crippen molar-refractivity contribution in [3.8, 4) is 5.75 Å². The first-order valence-electron chi connectivity index (χ1n) is 5.03. The minimum Gasteiger partial charge on any atom is -0.490 e. The molecule has 16 heavy (non-hydrogen) atoms. The first-order valence-corrected chi connectivity index (χ1v) is 5.95. The largest absolute Gasteiger partial charge is 0.490 e. The van der Waals surface area contributed by atoms with Crippen LogP contribution in [0.15, 0.2) is 18.2 Å². The van der Waals surface area contributed by atoms with Gasteiger partial charge in [-0.1, -0.05) is 28.9 Å². The number of rotatable bonds is 5. The molecule has 0 bridgehead atoms. The lowest BCUT2D eigenvalue weighted by Crippen LogP contribution is -2.02. The summed E-state index contributed by atoms with van der Waals surface area (Å²) in [6, 6.07) is 5.07. The van der Waals surface area contributed by atoms with Gasteiger partial charge in [-0.2, -0.15) is 0 Å². The SMILES string of the molecule is CCC(Br)Cc1ccc(OC)c([N+](=O)[O-])c1. The molecule has 0 spiro atoms. The number of ether oxygens (including phenoxy) is 1. The molecule has 0 aliphatic heterocycles. The Morgan fingerprint density at radius 3 is 2.75 bits per heavy atom. The first-order chi connectivity index (χ1) is 7.58. The van der Waals surface area contributed by atoms with Gasteiger partial charge in [-0.05, 0) is 24.5 Å². The lowest BCUT2D eigenvalue weighted by molar-refractivity contribution is -0.385. The molecule has 0 heterocycles. The predicted octanol–water partition coefficient (Wildman–Crippen LogP) is 3.32. The molecule has 4 nitrogen and oxygen atoms in total. The summed E-state index contributed by atoms with van der Waals surface area (Å²) in [4.78, 5) is 10.7. The topological polar surface area (TPSA) is 52.4 Å². The van der Waals surface area contributed by atoms with E-state index in [4.69, 9.17) is 4.74 Å². The van der Waals surface area contributed by atoms with E-state index in [0.717, 1.165) is 18.4 Å². The normalized spacial score (nSPS) is 12.2. The molecule has 1 rings (SSSR count). The molecule has 5 heteroatoms. The minimum absolute atomic E-state index is 0.0239. The Bertz CT molecular complexity index is 381. The number of halogens is 1. The van der Waals surface area contributed by atoms with E-state index >= 15 is 0 Å². The highest BCUT2D eigenvalue weighted by atomic mass is 79.9. The van der Waals surface area contributed by atoms with Gasteiger partial charge in [0.05, 0.1) is 12.0 Å². The maximum Gasteiger partial charge on any atom is 0.311 e. The highest BCUT2D eigenvalue weighted by Crippen LogP contribution is 2.28. The van der Waals surface area contributed by atoms with Crippen molar-refractivity contribution in [1.82, 2.24) is 0 Å². The molecule has 0 aliphatic carbocycles. The van der Waals surface area contributed by atoms with Crippen LogP contribution >= 0.6 is 15.9 Å². The summed E-state index contributed by atoms with van der Waals surface area (Å²) >= 11 is 3.51. The van der Waals surface area contributed by atoms with Crippen LogP contribution < -0.4 is 4.74 Å². The van der Waals surface area contributed by atoms with Crippen molar-refractivity contribution in [3.63, 3.8) is 0 Å². The monoisotopic (exact) mass is 287 g/mol. The van der Waals surface area contributed by atoms with Crippen LogP contribution in [0.1, 0.15) is 18.9 Å². The quantitative estimate of drug-likeness (QED) is 0.474. The molecular weight excluding hydrogens is 274 g/mol. The third-order valence-electron chi connectivity index (χ3n) is 2.34. The second-order valence-corrected chi connectivity index (χ2v) is 4.77. The molecule has 0 fully saturated rings. The smallest absolute Gasteiger partial charge is 0.311 e. The number of nitrogens with zero attached hydrogens (tertiary/aromatic N) is 1. The fourth-order valence-electron chi connectivity index (χ4n) is 1.41. The van der Waals surface area contributed by atoms with Crippen LogP contribution in [-0.4, -0.2) is 16.9 Å². The third-order valence-corrected chi connectivity index (χ3v) is 3.31. The molecule has 1 aromatic rings. The van der Waals surface area contributed by atoms with Gasteiger partial charge < -0.3 is 4.74 Å². The van der Waals surface area contributed by atoms with Crippen molar-refractivity contribution in [3.05, 3.63) is 33.9 Å².